The summed E-state index contributed by atoms with van der Waals surface area (Å²) in [5.41, 5.74) is 0.780. The lowest BCUT2D eigenvalue weighted by atomic mass is 10.2. The van der Waals surface area contributed by atoms with Gasteiger partial charge in [-0.05, 0) is 42.5 Å². The topological polar surface area (TPSA) is 51.0 Å². The van der Waals surface area contributed by atoms with Gasteiger partial charge in [0.2, 0.25) is 11.7 Å². The van der Waals surface area contributed by atoms with Gasteiger partial charge >= 0.3 is 0 Å². The third-order valence-electron chi connectivity index (χ3n) is 2.93. The summed E-state index contributed by atoms with van der Waals surface area (Å²) in [5.74, 6) is -0.433. The number of nitrogens with zero attached hydrogens (tertiary/aromatic N) is 2. The van der Waals surface area contributed by atoms with Crippen molar-refractivity contribution in [1.82, 2.24) is 10.1 Å². The van der Waals surface area contributed by atoms with Gasteiger partial charge in [-0.1, -0.05) is 16.8 Å². The second-order valence-electron chi connectivity index (χ2n) is 4.50. The van der Waals surface area contributed by atoms with Gasteiger partial charge in [0.05, 0.1) is 12.2 Å². The van der Waals surface area contributed by atoms with Crippen LogP contribution in [0, 0.1) is 11.6 Å². The maximum Gasteiger partial charge on any atom is 0.246 e. The van der Waals surface area contributed by atoms with Crippen molar-refractivity contribution in [1.29, 1.82) is 0 Å². The molecule has 0 atom stereocenters. The summed E-state index contributed by atoms with van der Waals surface area (Å²) in [6.07, 6.45) is 0. The molecule has 2 aromatic carbocycles. The average Bonchev–Trinajstić information content (AvgIpc) is 2.98. The van der Waals surface area contributed by atoms with Gasteiger partial charge in [0, 0.05) is 10.6 Å². The van der Waals surface area contributed by atoms with Crippen molar-refractivity contribution in [3.05, 3.63) is 65.0 Å². The van der Waals surface area contributed by atoms with Crippen LogP contribution in [-0.4, -0.2) is 10.1 Å². The predicted octanol–water partition coefficient (Wildman–Crippen LogP) is 4.28. The second-order valence-corrected chi connectivity index (χ2v) is 4.93. The van der Waals surface area contributed by atoms with E-state index in [1.807, 2.05) is 0 Å². The minimum Gasteiger partial charge on any atom is -0.374 e. The van der Waals surface area contributed by atoms with Gasteiger partial charge in [-0.25, -0.2) is 8.78 Å². The van der Waals surface area contributed by atoms with E-state index < -0.39 is 11.6 Å². The van der Waals surface area contributed by atoms with Crippen LogP contribution >= 0.6 is 11.6 Å². The molecule has 0 fully saturated rings. The van der Waals surface area contributed by atoms with Gasteiger partial charge in [0.15, 0.2) is 0 Å². The van der Waals surface area contributed by atoms with Gasteiger partial charge in [0.1, 0.15) is 11.6 Å². The molecule has 0 aliphatic carbocycles. The van der Waals surface area contributed by atoms with E-state index in [9.17, 15) is 8.78 Å². The van der Waals surface area contributed by atoms with Gasteiger partial charge < -0.3 is 9.84 Å². The third kappa shape index (κ3) is 3.23. The molecule has 0 radical (unpaired) electrons. The van der Waals surface area contributed by atoms with E-state index in [0.29, 0.717) is 10.8 Å². The Labute approximate surface area is 129 Å². The van der Waals surface area contributed by atoms with Crippen LogP contribution < -0.4 is 5.32 Å². The zero-order valence-corrected chi connectivity index (χ0v) is 11.9. The lowest BCUT2D eigenvalue weighted by Crippen LogP contribution is -2.02. The van der Waals surface area contributed by atoms with Crippen molar-refractivity contribution in [2.75, 3.05) is 5.32 Å². The summed E-state index contributed by atoms with van der Waals surface area (Å²) in [5, 5.41) is 7.15. The number of hydrogen-bond donors (Lipinski definition) is 1. The Kier molecular flexibility index (Phi) is 4.02. The summed E-state index contributed by atoms with van der Waals surface area (Å²) in [4.78, 5) is 4.18. The van der Waals surface area contributed by atoms with Crippen LogP contribution in [0.3, 0.4) is 0 Å². The van der Waals surface area contributed by atoms with Crippen molar-refractivity contribution in [3.8, 4) is 11.4 Å². The number of halogens is 3. The molecule has 0 aliphatic rings. The monoisotopic (exact) mass is 321 g/mol. The fourth-order valence-electron chi connectivity index (χ4n) is 1.85. The van der Waals surface area contributed by atoms with Gasteiger partial charge in [-0.3, -0.25) is 0 Å². The molecule has 0 spiro atoms. The molecule has 112 valence electrons. The smallest absolute Gasteiger partial charge is 0.246 e. The predicted molar refractivity (Wildman–Crippen MR) is 78.4 cm³/mol. The van der Waals surface area contributed by atoms with E-state index in [4.69, 9.17) is 16.1 Å². The molecule has 0 bridgehead atoms. The minimum absolute atomic E-state index is 0.0336. The van der Waals surface area contributed by atoms with Gasteiger partial charge in [0.25, 0.3) is 0 Å². The van der Waals surface area contributed by atoms with Crippen LogP contribution in [0.2, 0.25) is 5.02 Å². The normalized spacial score (nSPS) is 10.7. The first-order valence-electron chi connectivity index (χ1n) is 6.39. The zero-order chi connectivity index (χ0) is 15.5. The number of anilines is 1. The quantitative estimate of drug-likeness (QED) is 0.779. The Morgan fingerprint density at radius 1 is 1.09 bits per heavy atom. The van der Waals surface area contributed by atoms with E-state index >= 15 is 0 Å². The zero-order valence-electron chi connectivity index (χ0n) is 11.2. The van der Waals surface area contributed by atoms with E-state index in [0.717, 1.165) is 23.8 Å². The Balaban J connectivity index is 1.72. The van der Waals surface area contributed by atoms with Crippen molar-refractivity contribution in [3.63, 3.8) is 0 Å². The van der Waals surface area contributed by atoms with E-state index in [1.54, 1.807) is 24.3 Å². The lowest BCUT2D eigenvalue weighted by Gasteiger charge is -2.04. The number of aromatic nitrogens is 2. The highest BCUT2D eigenvalue weighted by molar-refractivity contribution is 6.30. The van der Waals surface area contributed by atoms with Crippen LogP contribution in [0.25, 0.3) is 11.4 Å². The fraction of sp³-hybridized carbons (Fsp3) is 0.0667. The molecule has 0 saturated heterocycles. The summed E-state index contributed by atoms with van der Waals surface area (Å²) >= 11 is 5.81. The minimum atomic E-state index is -0.557. The van der Waals surface area contributed by atoms with E-state index in [-0.39, 0.29) is 18.1 Å². The molecule has 0 saturated carbocycles. The summed E-state index contributed by atoms with van der Waals surface area (Å²) in [6.45, 7) is 0.0843. The number of benzene rings is 2. The van der Waals surface area contributed by atoms with Crippen LogP contribution in [0.1, 0.15) is 5.89 Å². The van der Waals surface area contributed by atoms with Crippen LogP contribution in [0.5, 0.6) is 0 Å². The lowest BCUT2D eigenvalue weighted by molar-refractivity contribution is 0.384. The first kappa shape index (κ1) is 14.5. The third-order valence-corrected chi connectivity index (χ3v) is 3.18. The maximum absolute atomic E-state index is 13.5. The van der Waals surface area contributed by atoms with Crippen LogP contribution in [0.15, 0.2) is 47.0 Å². The average molecular weight is 322 g/mol. The fourth-order valence-corrected chi connectivity index (χ4v) is 1.97. The SMILES string of the molecule is Fc1ccc(F)c(NCc2nc(-c3ccc(Cl)cc3)no2)c1. The first-order valence-corrected chi connectivity index (χ1v) is 6.77. The van der Waals surface area contributed by atoms with Crippen molar-refractivity contribution in [2.24, 2.45) is 0 Å². The van der Waals surface area contributed by atoms with Crippen molar-refractivity contribution < 1.29 is 13.3 Å². The maximum atomic E-state index is 13.5. The van der Waals surface area contributed by atoms with Crippen LogP contribution in [-0.2, 0) is 6.54 Å². The van der Waals surface area contributed by atoms with E-state index in [1.165, 1.54) is 0 Å². The highest BCUT2D eigenvalue weighted by Crippen LogP contribution is 2.20. The molecule has 0 amide bonds. The molecule has 0 unspecified atom stereocenters. The van der Waals surface area contributed by atoms with Gasteiger partial charge in [-0.2, -0.15) is 4.98 Å². The molecule has 22 heavy (non-hydrogen) atoms. The first-order chi connectivity index (χ1) is 10.6. The largest absolute Gasteiger partial charge is 0.374 e. The Morgan fingerprint density at radius 3 is 2.64 bits per heavy atom. The molecule has 3 rings (SSSR count). The molecule has 7 heteroatoms. The standard InChI is InChI=1S/C15H10ClF2N3O/c16-10-3-1-9(2-4-10)15-20-14(22-21-15)8-19-13-7-11(17)5-6-12(13)18/h1-7,19H,8H2. The Hall–Kier alpha value is -2.47. The molecule has 4 nitrogen and oxygen atoms in total. The molecule has 1 N–H and O–H groups in total. The molecule has 1 aromatic heterocycles. The van der Waals surface area contributed by atoms with Crippen molar-refractivity contribution in [2.45, 2.75) is 6.54 Å². The molecule has 0 aliphatic heterocycles. The summed E-state index contributed by atoms with van der Waals surface area (Å²) in [7, 11) is 0. The highest BCUT2D eigenvalue weighted by atomic mass is 35.5. The molecule has 3 aromatic rings. The number of nitrogens with one attached hydrogen (secondary N) is 1. The molecular weight excluding hydrogens is 312 g/mol. The van der Waals surface area contributed by atoms with Gasteiger partial charge in [-0.15, -0.1) is 0 Å². The highest BCUT2D eigenvalue weighted by Gasteiger charge is 2.10. The summed E-state index contributed by atoms with van der Waals surface area (Å²) < 4.78 is 31.6. The summed E-state index contributed by atoms with van der Waals surface area (Å²) in [6, 6.07) is 10.1. The number of hydrogen-bond acceptors (Lipinski definition) is 4. The molecule has 1 heterocycles. The van der Waals surface area contributed by atoms with Crippen molar-refractivity contribution >= 4 is 17.3 Å². The van der Waals surface area contributed by atoms with E-state index in [2.05, 4.69) is 15.5 Å². The van der Waals surface area contributed by atoms with Crippen LogP contribution in [0.4, 0.5) is 14.5 Å². The Bertz CT molecular complexity index is 790. The Morgan fingerprint density at radius 2 is 1.86 bits per heavy atom. The molecular formula is C15H10ClF2N3O. The number of rotatable bonds is 4. The second kappa shape index (κ2) is 6.11.